The number of thioether (sulfide) groups is 1. The number of anilines is 1. The van der Waals surface area contributed by atoms with E-state index < -0.39 is 5.56 Å². The Morgan fingerprint density at radius 3 is 2.57 bits per heavy atom. The predicted octanol–water partition coefficient (Wildman–Crippen LogP) is 3.74. The standard InChI is InChI=1S/C21H18N4O2S/c1-14-7-9-16(10-8-14)23-12-11-18(26)28-21-24-19(15-5-3-2-4-6-15)17(13-22)20(27)25-21/h2-10,23H,11-12H2,1H3,(H,24,25,27). The number of nitriles is 1. The second-order valence-electron chi connectivity index (χ2n) is 6.09. The lowest BCUT2D eigenvalue weighted by atomic mass is 10.1. The fourth-order valence-corrected chi connectivity index (χ4v) is 3.25. The molecule has 3 rings (SSSR count). The molecule has 140 valence electrons. The van der Waals surface area contributed by atoms with E-state index >= 15 is 0 Å². The van der Waals surface area contributed by atoms with Crippen LogP contribution in [0.4, 0.5) is 5.69 Å². The molecule has 0 unspecified atom stereocenters. The molecule has 0 aliphatic heterocycles. The Bertz CT molecular complexity index is 1070. The lowest BCUT2D eigenvalue weighted by Gasteiger charge is -2.07. The second-order valence-corrected chi connectivity index (χ2v) is 7.14. The Balaban J connectivity index is 1.69. The minimum atomic E-state index is -0.551. The monoisotopic (exact) mass is 390 g/mol. The number of hydrogen-bond donors (Lipinski definition) is 2. The van der Waals surface area contributed by atoms with Gasteiger partial charge in [0, 0.05) is 24.2 Å². The molecule has 7 heteroatoms. The van der Waals surface area contributed by atoms with Crippen LogP contribution in [0.25, 0.3) is 11.3 Å². The fraction of sp³-hybridized carbons (Fsp3) is 0.143. The first-order valence-corrected chi connectivity index (χ1v) is 9.49. The van der Waals surface area contributed by atoms with Crippen molar-refractivity contribution in [1.29, 1.82) is 5.26 Å². The van der Waals surface area contributed by atoms with Gasteiger partial charge in [0.2, 0.25) is 0 Å². The number of hydrogen-bond acceptors (Lipinski definition) is 6. The summed E-state index contributed by atoms with van der Waals surface area (Å²) in [5.41, 5.74) is 2.43. The topological polar surface area (TPSA) is 98.6 Å². The van der Waals surface area contributed by atoms with Crippen molar-refractivity contribution in [2.45, 2.75) is 18.5 Å². The van der Waals surface area contributed by atoms with Crippen LogP contribution in [0.2, 0.25) is 0 Å². The third-order valence-electron chi connectivity index (χ3n) is 3.98. The molecule has 0 bridgehead atoms. The molecule has 0 fully saturated rings. The number of benzene rings is 2. The number of H-pyrrole nitrogens is 1. The van der Waals surface area contributed by atoms with Crippen molar-refractivity contribution in [3.63, 3.8) is 0 Å². The van der Waals surface area contributed by atoms with Crippen LogP contribution in [-0.2, 0) is 4.79 Å². The second kappa shape index (κ2) is 9.02. The van der Waals surface area contributed by atoms with Gasteiger partial charge in [-0.2, -0.15) is 5.26 Å². The summed E-state index contributed by atoms with van der Waals surface area (Å²) in [6.45, 7) is 2.49. The van der Waals surface area contributed by atoms with Gasteiger partial charge in [0.05, 0.1) is 5.69 Å². The van der Waals surface area contributed by atoms with Gasteiger partial charge >= 0.3 is 0 Å². The van der Waals surface area contributed by atoms with Crippen molar-refractivity contribution in [1.82, 2.24) is 9.97 Å². The summed E-state index contributed by atoms with van der Waals surface area (Å²) in [5.74, 6) is 0. The summed E-state index contributed by atoms with van der Waals surface area (Å²) in [6, 6.07) is 18.8. The van der Waals surface area contributed by atoms with E-state index in [0.717, 1.165) is 17.4 Å². The Kier molecular flexibility index (Phi) is 6.25. The minimum absolute atomic E-state index is 0.0657. The van der Waals surface area contributed by atoms with Crippen molar-refractivity contribution in [2.75, 3.05) is 11.9 Å². The molecule has 0 atom stereocenters. The molecule has 0 radical (unpaired) electrons. The zero-order valence-corrected chi connectivity index (χ0v) is 16.0. The van der Waals surface area contributed by atoms with E-state index in [0.29, 0.717) is 12.1 Å². The lowest BCUT2D eigenvalue weighted by molar-refractivity contribution is -0.110. The quantitative estimate of drug-likeness (QED) is 0.491. The Morgan fingerprint density at radius 2 is 1.89 bits per heavy atom. The number of carbonyl (C=O) groups excluding carboxylic acids is 1. The van der Waals surface area contributed by atoms with E-state index in [1.165, 1.54) is 5.56 Å². The van der Waals surface area contributed by atoms with Crippen LogP contribution in [0.3, 0.4) is 0 Å². The number of carbonyl (C=O) groups is 1. The Hall–Kier alpha value is -3.37. The van der Waals surface area contributed by atoms with E-state index in [9.17, 15) is 14.9 Å². The van der Waals surface area contributed by atoms with Crippen LogP contribution in [-0.4, -0.2) is 21.6 Å². The number of rotatable bonds is 6. The van der Waals surface area contributed by atoms with E-state index in [-0.39, 0.29) is 27.9 Å². The maximum Gasteiger partial charge on any atom is 0.270 e. The molecular weight excluding hydrogens is 372 g/mol. The van der Waals surface area contributed by atoms with Crippen molar-refractivity contribution >= 4 is 22.6 Å². The minimum Gasteiger partial charge on any atom is -0.385 e. The fourth-order valence-electron chi connectivity index (χ4n) is 2.55. The highest BCUT2D eigenvalue weighted by Crippen LogP contribution is 2.22. The number of nitrogens with one attached hydrogen (secondary N) is 2. The maximum absolute atomic E-state index is 12.3. The first kappa shape index (κ1) is 19.4. The Morgan fingerprint density at radius 1 is 1.18 bits per heavy atom. The highest BCUT2D eigenvalue weighted by atomic mass is 32.2. The molecule has 0 spiro atoms. The first-order valence-electron chi connectivity index (χ1n) is 8.68. The molecule has 6 nitrogen and oxygen atoms in total. The van der Waals surface area contributed by atoms with Gasteiger partial charge in [0.15, 0.2) is 10.3 Å². The maximum atomic E-state index is 12.3. The molecule has 2 N–H and O–H groups in total. The van der Waals surface area contributed by atoms with Gasteiger partial charge < -0.3 is 5.32 Å². The number of aryl methyl sites for hydroxylation is 1. The molecule has 0 aliphatic carbocycles. The molecule has 0 aliphatic rings. The molecule has 1 aromatic heterocycles. The van der Waals surface area contributed by atoms with Crippen LogP contribution < -0.4 is 10.9 Å². The van der Waals surface area contributed by atoms with Crippen molar-refractivity contribution in [3.05, 3.63) is 76.1 Å². The molecule has 3 aromatic rings. The Labute approximate surface area is 166 Å². The summed E-state index contributed by atoms with van der Waals surface area (Å²) in [7, 11) is 0. The third-order valence-corrected chi connectivity index (χ3v) is 4.80. The average molecular weight is 390 g/mol. The van der Waals surface area contributed by atoms with E-state index in [4.69, 9.17) is 0 Å². The summed E-state index contributed by atoms with van der Waals surface area (Å²) >= 11 is 0.868. The largest absolute Gasteiger partial charge is 0.385 e. The molecule has 0 amide bonds. The molecule has 2 aromatic carbocycles. The summed E-state index contributed by atoms with van der Waals surface area (Å²) in [4.78, 5) is 31.3. The van der Waals surface area contributed by atoms with Crippen LogP contribution in [0.1, 0.15) is 17.5 Å². The van der Waals surface area contributed by atoms with Crippen LogP contribution >= 0.6 is 11.8 Å². The van der Waals surface area contributed by atoms with Gasteiger partial charge in [-0.3, -0.25) is 14.6 Å². The SMILES string of the molecule is Cc1ccc(NCCC(=O)Sc2nc(-c3ccccc3)c(C#N)c(=O)[nH]2)cc1. The lowest BCUT2D eigenvalue weighted by Crippen LogP contribution is -2.15. The first-order chi connectivity index (χ1) is 13.6. The van der Waals surface area contributed by atoms with Gasteiger partial charge in [-0.15, -0.1) is 0 Å². The molecule has 28 heavy (non-hydrogen) atoms. The molecule has 0 saturated carbocycles. The summed E-state index contributed by atoms with van der Waals surface area (Å²) < 4.78 is 0. The molecule has 0 saturated heterocycles. The van der Waals surface area contributed by atoms with E-state index in [2.05, 4.69) is 15.3 Å². The predicted molar refractivity (Wildman–Crippen MR) is 110 cm³/mol. The van der Waals surface area contributed by atoms with Gasteiger partial charge in [-0.05, 0) is 30.8 Å². The summed E-state index contributed by atoms with van der Waals surface area (Å²) in [6.07, 6.45) is 0.267. The zero-order valence-electron chi connectivity index (χ0n) is 15.2. The van der Waals surface area contributed by atoms with Crippen LogP contribution in [0, 0.1) is 18.3 Å². The van der Waals surface area contributed by atoms with E-state index in [1.54, 1.807) is 24.3 Å². The van der Waals surface area contributed by atoms with Gasteiger partial charge in [-0.25, -0.2) is 4.98 Å². The summed E-state index contributed by atoms with van der Waals surface area (Å²) in [5, 5.41) is 12.5. The average Bonchev–Trinajstić information content (AvgIpc) is 2.70. The number of nitrogens with zero attached hydrogens (tertiary/aromatic N) is 2. The van der Waals surface area contributed by atoms with Gasteiger partial charge in [-0.1, -0.05) is 48.0 Å². The van der Waals surface area contributed by atoms with E-state index in [1.807, 2.05) is 43.3 Å². The molecule has 1 heterocycles. The number of aromatic amines is 1. The third kappa shape index (κ3) is 4.87. The number of aromatic nitrogens is 2. The van der Waals surface area contributed by atoms with Crippen molar-refractivity contribution < 1.29 is 4.79 Å². The smallest absolute Gasteiger partial charge is 0.270 e. The zero-order chi connectivity index (χ0) is 19.9. The highest BCUT2D eigenvalue weighted by molar-refractivity contribution is 8.13. The highest BCUT2D eigenvalue weighted by Gasteiger charge is 2.15. The van der Waals surface area contributed by atoms with Gasteiger partial charge in [0.25, 0.3) is 5.56 Å². The van der Waals surface area contributed by atoms with Crippen molar-refractivity contribution in [3.8, 4) is 17.3 Å². The normalized spacial score (nSPS) is 10.3. The van der Waals surface area contributed by atoms with Crippen molar-refractivity contribution in [2.24, 2.45) is 0 Å². The van der Waals surface area contributed by atoms with Crippen LogP contribution in [0.5, 0.6) is 0 Å². The van der Waals surface area contributed by atoms with Gasteiger partial charge in [0.1, 0.15) is 11.6 Å². The van der Waals surface area contributed by atoms with Crippen LogP contribution in [0.15, 0.2) is 64.5 Å². The molecular formula is C21H18N4O2S.